The highest BCUT2D eigenvalue weighted by atomic mass is 32.2. The van der Waals surface area contributed by atoms with Crippen LogP contribution in [0.5, 0.6) is 0 Å². The van der Waals surface area contributed by atoms with Crippen molar-refractivity contribution >= 4 is 17.7 Å². The maximum atomic E-state index is 13.2. The molecule has 164 valence electrons. The summed E-state index contributed by atoms with van der Waals surface area (Å²) in [5.41, 5.74) is 2.34. The molecule has 1 aliphatic rings. The van der Waals surface area contributed by atoms with Gasteiger partial charge in [0, 0.05) is 4.90 Å². The summed E-state index contributed by atoms with van der Waals surface area (Å²) >= 11 is 1.30. The first-order chi connectivity index (χ1) is 15.5. The molecule has 0 bridgehead atoms. The summed E-state index contributed by atoms with van der Waals surface area (Å²) in [6.45, 7) is 4.24. The number of rotatable bonds is 7. The van der Waals surface area contributed by atoms with Gasteiger partial charge >= 0.3 is 5.97 Å². The smallest absolute Gasteiger partial charge is 0.349 e. The number of esters is 1. The van der Waals surface area contributed by atoms with Crippen molar-refractivity contribution in [3.8, 4) is 0 Å². The van der Waals surface area contributed by atoms with Crippen molar-refractivity contribution in [3.63, 3.8) is 0 Å². The molecule has 0 spiro atoms. The van der Waals surface area contributed by atoms with Gasteiger partial charge in [-0.15, -0.1) is 0 Å². The van der Waals surface area contributed by atoms with Gasteiger partial charge in [-0.25, -0.2) is 4.79 Å². The monoisotopic (exact) mass is 444 g/mol. The molecule has 0 aromatic heterocycles. The van der Waals surface area contributed by atoms with Gasteiger partial charge in [0.2, 0.25) is 0 Å². The van der Waals surface area contributed by atoms with Gasteiger partial charge in [-0.2, -0.15) is 0 Å². The molecule has 1 atom stereocenters. The minimum Gasteiger partial charge on any atom is -0.511 e. The Kier molecular flexibility index (Phi) is 6.71. The van der Waals surface area contributed by atoms with E-state index in [1.807, 2.05) is 66.7 Å². The van der Waals surface area contributed by atoms with Crippen LogP contribution < -0.4 is 0 Å². The molecule has 3 nitrogen and oxygen atoms in total. The number of benzene rings is 3. The van der Waals surface area contributed by atoms with Crippen LogP contribution in [0.15, 0.2) is 100 Å². The van der Waals surface area contributed by atoms with E-state index in [1.54, 1.807) is 0 Å². The van der Waals surface area contributed by atoms with Gasteiger partial charge in [-0.1, -0.05) is 104 Å². The fraction of sp³-hybridized carbons (Fsp3) is 0.250. The molecule has 3 aromatic rings. The number of hydrogen-bond acceptors (Lipinski definition) is 4. The fourth-order valence-corrected chi connectivity index (χ4v) is 5.27. The lowest BCUT2D eigenvalue weighted by Gasteiger charge is -2.37. The highest BCUT2D eigenvalue weighted by Gasteiger charge is 2.43. The Morgan fingerprint density at radius 3 is 2.22 bits per heavy atom. The second-order valence-electron chi connectivity index (χ2n) is 8.48. The van der Waals surface area contributed by atoms with Crippen LogP contribution in [0.3, 0.4) is 0 Å². The summed E-state index contributed by atoms with van der Waals surface area (Å²) < 4.78 is 6.16. The molecular formula is C28H28O3S. The van der Waals surface area contributed by atoms with Crippen LogP contribution >= 0.6 is 11.8 Å². The average molecular weight is 445 g/mol. The minimum atomic E-state index is -0.889. The lowest BCUT2D eigenvalue weighted by atomic mass is 9.82. The summed E-state index contributed by atoms with van der Waals surface area (Å²) in [4.78, 5) is 14.5. The number of ether oxygens (including phenoxy) is 1. The number of aryl methyl sites for hydroxylation is 1. The Bertz CT molecular complexity index is 1110. The van der Waals surface area contributed by atoms with E-state index in [0.29, 0.717) is 12.3 Å². The molecule has 0 aliphatic carbocycles. The van der Waals surface area contributed by atoms with Gasteiger partial charge in [-0.05, 0) is 41.5 Å². The van der Waals surface area contributed by atoms with E-state index in [4.69, 9.17) is 4.74 Å². The van der Waals surface area contributed by atoms with Crippen LogP contribution in [0.2, 0.25) is 0 Å². The minimum absolute atomic E-state index is 0.0988. The van der Waals surface area contributed by atoms with Crippen LogP contribution in [0.4, 0.5) is 0 Å². The molecule has 1 heterocycles. The Morgan fingerprint density at radius 1 is 0.938 bits per heavy atom. The maximum Gasteiger partial charge on any atom is 0.349 e. The zero-order valence-electron chi connectivity index (χ0n) is 18.5. The van der Waals surface area contributed by atoms with Crippen molar-refractivity contribution in [2.45, 2.75) is 49.5 Å². The summed E-state index contributed by atoms with van der Waals surface area (Å²) in [7, 11) is 0. The van der Waals surface area contributed by atoms with Crippen LogP contribution in [0, 0.1) is 0 Å². The van der Waals surface area contributed by atoms with Gasteiger partial charge in [0.15, 0.2) is 0 Å². The summed E-state index contributed by atoms with van der Waals surface area (Å²) in [5, 5.41) is 11.1. The number of aliphatic hydroxyl groups is 1. The van der Waals surface area contributed by atoms with Crippen LogP contribution in [-0.2, 0) is 21.6 Å². The third-order valence-electron chi connectivity index (χ3n) is 5.90. The Morgan fingerprint density at radius 2 is 1.56 bits per heavy atom. The predicted octanol–water partition coefficient (Wildman–Crippen LogP) is 7.15. The van der Waals surface area contributed by atoms with E-state index in [0.717, 1.165) is 22.4 Å². The van der Waals surface area contributed by atoms with E-state index in [2.05, 4.69) is 32.0 Å². The molecule has 32 heavy (non-hydrogen) atoms. The van der Waals surface area contributed by atoms with E-state index in [9.17, 15) is 9.90 Å². The molecule has 0 saturated carbocycles. The van der Waals surface area contributed by atoms with Gasteiger partial charge in [-0.3, -0.25) is 0 Å². The highest BCUT2D eigenvalue weighted by Crippen LogP contribution is 2.45. The maximum absolute atomic E-state index is 13.2. The van der Waals surface area contributed by atoms with Crippen LogP contribution in [-0.4, -0.2) is 11.1 Å². The zero-order valence-corrected chi connectivity index (χ0v) is 19.3. The summed E-state index contributed by atoms with van der Waals surface area (Å²) in [5.74, 6) is -0.0497. The molecule has 0 radical (unpaired) electrons. The first kappa shape index (κ1) is 22.2. The number of hydrogen-bond donors (Lipinski definition) is 1. The molecule has 4 heteroatoms. The van der Waals surface area contributed by atoms with Gasteiger partial charge < -0.3 is 9.84 Å². The Hall–Kier alpha value is -2.98. The molecule has 0 amide bonds. The Balaban J connectivity index is 1.66. The van der Waals surface area contributed by atoms with Crippen molar-refractivity contribution in [1.82, 2.24) is 0 Å². The lowest BCUT2D eigenvalue weighted by Crippen LogP contribution is -2.38. The average Bonchev–Trinajstić information content (AvgIpc) is 2.81. The second-order valence-corrected chi connectivity index (χ2v) is 9.53. The van der Waals surface area contributed by atoms with Crippen LogP contribution in [0.1, 0.15) is 49.3 Å². The molecule has 1 unspecified atom stereocenters. The topological polar surface area (TPSA) is 46.5 Å². The second kappa shape index (κ2) is 9.66. The lowest BCUT2D eigenvalue weighted by molar-refractivity contribution is -0.160. The van der Waals surface area contributed by atoms with Crippen molar-refractivity contribution in [1.29, 1.82) is 0 Å². The van der Waals surface area contributed by atoms with Gasteiger partial charge in [0.25, 0.3) is 0 Å². The third-order valence-corrected chi connectivity index (χ3v) is 7.10. The molecule has 0 saturated heterocycles. The van der Waals surface area contributed by atoms with Gasteiger partial charge in [0.05, 0.1) is 6.42 Å². The molecule has 1 aliphatic heterocycles. The summed E-state index contributed by atoms with van der Waals surface area (Å²) in [6, 6.07) is 27.9. The first-order valence-corrected chi connectivity index (χ1v) is 11.8. The van der Waals surface area contributed by atoms with Crippen molar-refractivity contribution < 1.29 is 14.6 Å². The molecule has 3 aromatic carbocycles. The van der Waals surface area contributed by atoms with Crippen molar-refractivity contribution in [3.05, 3.63) is 112 Å². The van der Waals surface area contributed by atoms with E-state index >= 15 is 0 Å². The van der Waals surface area contributed by atoms with E-state index in [1.165, 1.54) is 17.3 Å². The fourth-order valence-electron chi connectivity index (χ4n) is 4.17. The Labute approximate surface area is 194 Å². The van der Waals surface area contributed by atoms with Crippen molar-refractivity contribution in [2.24, 2.45) is 0 Å². The van der Waals surface area contributed by atoms with E-state index in [-0.39, 0.29) is 17.1 Å². The predicted molar refractivity (Wildman–Crippen MR) is 130 cm³/mol. The molecule has 1 N–H and O–H groups in total. The SMILES string of the molecule is CC(C)c1ccccc1SC1=C(O)CC(CCc2ccccc2)(c2ccccc2)OC1=O. The standard InChI is InChI=1S/C28H28O3S/c1-20(2)23-15-9-10-16-25(23)32-26-24(29)19-28(31-27(26)30,22-13-7-4-8-14-22)18-17-21-11-5-3-6-12-21/h3-16,20,29H,17-19H2,1-2H3. The zero-order chi connectivity index (χ0) is 22.6. The number of thioether (sulfide) groups is 1. The normalized spacial score (nSPS) is 18.7. The number of carbonyl (C=O) groups excluding carboxylic acids is 1. The molecule has 0 fully saturated rings. The largest absolute Gasteiger partial charge is 0.511 e. The number of aliphatic hydroxyl groups excluding tert-OH is 1. The molecule has 4 rings (SSSR count). The van der Waals surface area contributed by atoms with Crippen LogP contribution in [0.25, 0.3) is 0 Å². The first-order valence-electron chi connectivity index (χ1n) is 11.0. The van der Waals surface area contributed by atoms with Gasteiger partial charge in [0.1, 0.15) is 16.3 Å². The van der Waals surface area contributed by atoms with Crippen molar-refractivity contribution in [2.75, 3.05) is 0 Å². The quantitative estimate of drug-likeness (QED) is 0.393. The third kappa shape index (κ3) is 4.76. The number of carbonyl (C=O) groups is 1. The molecular weight excluding hydrogens is 416 g/mol. The highest BCUT2D eigenvalue weighted by molar-refractivity contribution is 8.04. The number of cyclic esters (lactones) is 1. The van der Waals surface area contributed by atoms with E-state index < -0.39 is 11.6 Å². The summed E-state index contributed by atoms with van der Waals surface area (Å²) in [6.07, 6.45) is 1.61.